The first-order chi connectivity index (χ1) is 9.69. The smallest absolute Gasteiger partial charge is 0.405 e. The van der Waals surface area contributed by atoms with Crippen LogP contribution in [0.15, 0.2) is 43.7 Å². The predicted molar refractivity (Wildman–Crippen MR) is 81.6 cm³/mol. The number of halogens is 7. The molecule has 0 aliphatic carbocycles. The fourth-order valence-electron chi connectivity index (χ4n) is 1.69. The standard InChI is InChI=1S/C13H5Br3F4O/c14-6-1-2-7(9(16)5-6)11-10(21-13(18,19)20)4-3-8(15)12(11)17/h1-5H. The van der Waals surface area contributed by atoms with Gasteiger partial charge in [-0.05, 0) is 40.2 Å². The summed E-state index contributed by atoms with van der Waals surface area (Å²) in [5.74, 6) is -1.44. The molecule has 2 aromatic carbocycles. The van der Waals surface area contributed by atoms with Gasteiger partial charge in [-0.3, -0.25) is 0 Å². The van der Waals surface area contributed by atoms with E-state index in [1.807, 2.05) is 0 Å². The summed E-state index contributed by atoms with van der Waals surface area (Å²) >= 11 is 9.39. The summed E-state index contributed by atoms with van der Waals surface area (Å²) in [6.07, 6.45) is -4.91. The molecule has 0 aliphatic rings. The predicted octanol–water partition coefficient (Wildman–Crippen LogP) is 6.68. The van der Waals surface area contributed by atoms with E-state index in [9.17, 15) is 17.6 Å². The van der Waals surface area contributed by atoms with Crippen molar-refractivity contribution in [1.29, 1.82) is 0 Å². The largest absolute Gasteiger partial charge is 0.573 e. The molecule has 8 heteroatoms. The van der Waals surface area contributed by atoms with Crippen molar-refractivity contribution in [2.24, 2.45) is 0 Å². The van der Waals surface area contributed by atoms with Crippen LogP contribution < -0.4 is 4.74 Å². The van der Waals surface area contributed by atoms with Crippen LogP contribution in [0.3, 0.4) is 0 Å². The van der Waals surface area contributed by atoms with Gasteiger partial charge >= 0.3 is 6.36 Å². The first-order valence-electron chi connectivity index (χ1n) is 5.38. The SMILES string of the molecule is Fc1c(Br)ccc(OC(F)(F)F)c1-c1ccc(Br)cc1Br. The third-order valence-electron chi connectivity index (χ3n) is 2.48. The van der Waals surface area contributed by atoms with Crippen molar-refractivity contribution in [2.75, 3.05) is 0 Å². The maximum atomic E-state index is 14.3. The lowest BCUT2D eigenvalue weighted by molar-refractivity contribution is -0.274. The minimum atomic E-state index is -4.91. The van der Waals surface area contributed by atoms with Gasteiger partial charge in [0.1, 0.15) is 11.6 Å². The topological polar surface area (TPSA) is 9.23 Å². The van der Waals surface area contributed by atoms with E-state index in [-0.39, 0.29) is 15.6 Å². The normalized spacial score (nSPS) is 11.6. The number of alkyl halides is 3. The maximum absolute atomic E-state index is 14.3. The first-order valence-corrected chi connectivity index (χ1v) is 7.76. The van der Waals surface area contributed by atoms with Crippen molar-refractivity contribution in [1.82, 2.24) is 0 Å². The molecule has 112 valence electrons. The summed E-state index contributed by atoms with van der Waals surface area (Å²) in [5.41, 5.74) is -0.0303. The molecular weight excluding hydrogens is 488 g/mol. The van der Waals surface area contributed by atoms with Crippen LogP contribution in [0.25, 0.3) is 11.1 Å². The summed E-state index contributed by atoms with van der Waals surface area (Å²) in [6.45, 7) is 0. The highest BCUT2D eigenvalue weighted by molar-refractivity contribution is 9.11. The van der Waals surface area contributed by atoms with Gasteiger partial charge in [0.05, 0.1) is 10.0 Å². The fraction of sp³-hybridized carbons (Fsp3) is 0.0769. The number of ether oxygens (including phenoxy) is 1. The molecular formula is C13H5Br3F4O. The van der Waals surface area contributed by atoms with Gasteiger partial charge in [-0.25, -0.2) is 4.39 Å². The van der Waals surface area contributed by atoms with Crippen LogP contribution >= 0.6 is 47.8 Å². The van der Waals surface area contributed by atoms with Gasteiger partial charge in [0, 0.05) is 14.5 Å². The van der Waals surface area contributed by atoms with Crippen LogP contribution in [-0.4, -0.2) is 6.36 Å². The molecule has 2 aromatic rings. The van der Waals surface area contributed by atoms with Crippen LogP contribution in [0.4, 0.5) is 17.6 Å². The lowest BCUT2D eigenvalue weighted by atomic mass is 10.0. The molecule has 0 heterocycles. The minimum Gasteiger partial charge on any atom is -0.405 e. The molecule has 0 saturated carbocycles. The van der Waals surface area contributed by atoms with Crippen molar-refractivity contribution in [3.63, 3.8) is 0 Å². The Hall–Kier alpha value is -0.600. The van der Waals surface area contributed by atoms with Gasteiger partial charge in [-0.15, -0.1) is 13.2 Å². The summed E-state index contributed by atoms with van der Waals surface area (Å²) < 4.78 is 56.7. The Bertz CT molecular complexity index is 686. The van der Waals surface area contributed by atoms with Gasteiger partial charge in [0.25, 0.3) is 0 Å². The lowest BCUT2D eigenvalue weighted by Crippen LogP contribution is -2.18. The zero-order valence-electron chi connectivity index (χ0n) is 9.94. The summed E-state index contributed by atoms with van der Waals surface area (Å²) in [6, 6.07) is 6.91. The van der Waals surface area contributed by atoms with Crippen molar-refractivity contribution < 1.29 is 22.3 Å². The summed E-state index contributed by atoms with van der Waals surface area (Å²) in [5, 5.41) is 0. The second kappa shape index (κ2) is 6.26. The molecule has 0 N–H and O–H groups in total. The van der Waals surface area contributed by atoms with Crippen molar-refractivity contribution in [2.45, 2.75) is 6.36 Å². The molecule has 0 amide bonds. The van der Waals surface area contributed by atoms with Crippen LogP contribution in [0.1, 0.15) is 0 Å². The van der Waals surface area contributed by atoms with Crippen LogP contribution in [-0.2, 0) is 0 Å². The van der Waals surface area contributed by atoms with Crippen LogP contribution in [0, 0.1) is 5.82 Å². The number of benzene rings is 2. The van der Waals surface area contributed by atoms with Crippen molar-refractivity contribution in [3.05, 3.63) is 49.6 Å². The number of hydrogen-bond acceptors (Lipinski definition) is 1. The Morgan fingerprint density at radius 1 is 0.905 bits per heavy atom. The molecule has 0 radical (unpaired) electrons. The second-order valence-electron chi connectivity index (χ2n) is 3.91. The highest BCUT2D eigenvalue weighted by atomic mass is 79.9. The summed E-state index contributed by atoms with van der Waals surface area (Å²) in [4.78, 5) is 0. The average Bonchev–Trinajstić information content (AvgIpc) is 2.34. The second-order valence-corrected chi connectivity index (χ2v) is 6.53. The minimum absolute atomic E-state index is 0.0434. The van der Waals surface area contributed by atoms with Gasteiger partial charge in [0.15, 0.2) is 0 Å². The average molecular weight is 493 g/mol. The Labute approximate surface area is 142 Å². The van der Waals surface area contributed by atoms with Gasteiger partial charge in [-0.1, -0.05) is 37.9 Å². The third kappa shape index (κ3) is 3.98. The Morgan fingerprint density at radius 2 is 1.57 bits per heavy atom. The van der Waals surface area contributed by atoms with Crippen LogP contribution in [0.5, 0.6) is 5.75 Å². The highest BCUT2D eigenvalue weighted by Gasteiger charge is 2.33. The molecule has 0 spiro atoms. The Kier molecular flexibility index (Phi) is 4.99. The van der Waals surface area contributed by atoms with E-state index in [2.05, 4.69) is 52.5 Å². The molecule has 1 nitrogen and oxygen atoms in total. The molecule has 0 saturated heterocycles. The molecule has 2 rings (SSSR count). The zero-order chi connectivity index (χ0) is 15.8. The van der Waals surface area contributed by atoms with E-state index in [1.54, 1.807) is 12.1 Å². The fourth-order valence-corrected chi connectivity index (χ4v) is 3.26. The van der Waals surface area contributed by atoms with E-state index in [1.165, 1.54) is 6.07 Å². The molecule has 21 heavy (non-hydrogen) atoms. The van der Waals surface area contributed by atoms with Crippen LogP contribution in [0.2, 0.25) is 0 Å². The summed E-state index contributed by atoms with van der Waals surface area (Å²) in [7, 11) is 0. The monoisotopic (exact) mass is 490 g/mol. The Balaban J connectivity index is 2.67. The first kappa shape index (κ1) is 16.8. The Morgan fingerprint density at radius 3 is 2.14 bits per heavy atom. The molecule has 0 unspecified atom stereocenters. The molecule has 0 atom stereocenters. The van der Waals surface area contributed by atoms with Gasteiger partial charge in [0.2, 0.25) is 0 Å². The molecule has 0 fully saturated rings. The van der Waals surface area contributed by atoms with E-state index in [4.69, 9.17) is 0 Å². The zero-order valence-corrected chi connectivity index (χ0v) is 14.7. The number of hydrogen-bond donors (Lipinski definition) is 0. The van der Waals surface area contributed by atoms with Crippen molar-refractivity contribution in [3.8, 4) is 16.9 Å². The lowest BCUT2D eigenvalue weighted by Gasteiger charge is -2.16. The maximum Gasteiger partial charge on any atom is 0.573 e. The van der Waals surface area contributed by atoms with Gasteiger partial charge < -0.3 is 4.74 Å². The molecule has 0 aromatic heterocycles. The van der Waals surface area contributed by atoms with Crippen molar-refractivity contribution >= 4 is 47.8 Å². The third-order valence-corrected chi connectivity index (χ3v) is 4.24. The molecule has 0 bridgehead atoms. The highest BCUT2D eigenvalue weighted by Crippen LogP contribution is 2.42. The van der Waals surface area contributed by atoms with E-state index in [0.29, 0.717) is 8.95 Å². The molecule has 0 aliphatic heterocycles. The quantitative estimate of drug-likeness (QED) is 0.425. The van der Waals surface area contributed by atoms with E-state index < -0.39 is 17.9 Å². The van der Waals surface area contributed by atoms with Gasteiger partial charge in [-0.2, -0.15) is 0 Å². The number of rotatable bonds is 2. The van der Waals surface area contributed by atoms with E-state index in [0.717, 1.165) is 12.1 Å². The van der Waals surface area contributed by atoms with E-state index >= 15 is 0 Å².